The normalized spacial score (nSPS) is 14.1. The summed E-state index contributed by atoms with van der Waals surface area (Å²) in [5.74, 6) is -0.882. The molecule has 0 aliphatic heterocycles. The van der Waals surface area contributed by atoms with Gasteiger partial charge in [0.1, 0.15) is 5.82 Å². The van der Waals surface area contributed by atoms with Gasteiger partial charge in [-0.15, -0.1) is 0 Å². The molecule has 0 bridgehead atoms. The van der Waals surface area contributed by atoms with E-state index >= 15 is 0 Å². The third-order valence-electron chi connectivity index (χ3n) is 1.56. The summed E-state index contributed by atoms with van der Waals surface area (Å²) in [7, 11) is 0. The number of aliphatic hydroxyl groups is 1. The molecule has 1 N–H and O–H groups in total. The van der Waals surface area contributed by atoms with Crippen LogP contribution in [0.25, 0.3) is 0 Å². The summed E-state index contributed by atoms with van der Waals surface area (Å²) in [4.78, 5) is 0. The highest BCUT2D eigenvalue weighted by Gasteiger charge is 2.40. The highest BCUT2D eigenvalue weighted by Crippen LogP contribution is 2.35. The number of hydrogen-bond acceptors (Lipinski definition) is 1. The van der Waals surface area contributed by atoms with Crippen molar-refractivity contribution in [1.29, 1.82) is 0 Å². The quantitative estimate of drug-likeness (QED) is 0.733. The zero-order valence-corrected chi connectivity index (χ0v) is 7.40. The first-order chi connectivity index (χ1) is 6.32. The summed E-state index contributed by atoms with van der Waals surface area (Å²) >= 11 is 5.37. The van der Waals surface area contributed by atoms with Crippen LogP contribution in [0, 0.1) is 5.82 Å². The molecule has 0 heterocycles. The third kappa shape index (κ3) is 2.36. The van der Waals surface area contributed by atoms with Crippen LogP contribution < -0.4 is 0 Å². The topological polar surface area (TPSA) is 20.2 Å². The average molecular weight is 229 g/mol. The fourth-order valence-electron chi connectivity index (χ4n) is 0.900. The molecule has 1 aromatic rings. The summed E-state index contributed by atoms with van der Waals surface area (Å²) in [5.41, 5.74) is -0.681. The van der Waals surface area contributed by atoms with Gasteiger partial charge in [-0.05, 0) is 18.2 Å². The van der Waals surface area contributed by atoms with Crippen LogP contribution in [0.5, 0.6) is 0 Å². The molecule has 0 radical (unpaired) electrons. The first-order valence-corrected chi connectivity index (χ1v) is 3.90. The van der Waals surface area contributed by atoms with Gasteiger partial charge in [0.15, 0.2) is 6.10 Å². The van der Waals surface area contributed by atoms with Gasteiger partial charge in [0.05, 0.1) is 0 Å². The number of benzene rings is 1. The van der Waals surface area contributed by atoms with Crippen molar-refractivity contribution >= 4 is 11.6 Å². The lowest BCUT2D eigenvalue weighted by Gasteiger charge is -2.15. The Morgan fingerprint density at radius 3 is 2.36 bits per heavy atom. The van der Waals surface area contributed by atoms with Gasteiger partial charge in [0, 0.05) is 10.6 Å². The van der Waals surface area contributed by atoms with Crippen molar-refractivity contribution in [3.8, 4) is 0 Å². The predicted octanol–water partition coefficient (Wildman–Crippen LogP) is 3.07. The van der Waals surface area contributed by atoms with Gasteiger partial charge >= 0.3 is 6.18 Å². The van der Waals surface area contributed by atoms with Gasteiger partial charge in [-0.2, -0.15) is 13.2 Å². The highest BCUT2D eigenvalue weighted by molar-refractivity contribution is 6.31. The molecule has 0 aliphatic carbocycles. The molecule has 0 aliphatic rings. The van der Waals surface area contributed by atoms with Crippen molar-refractivity contribution in [2.75, 3.05) is 0 Å². The maximum atomic E-state index is 12.6. The molecule has 0 aromatic heterocycles. The fourth-order valence-corrected chi connectivity index (χ4v) is 1.12. The lowest BCUT2D eigenvalue weighted by atomic mass is 10.1. The minimum Gasteiger partial charge on any atom is -0.379 e. The molecule has 1 atom stereocenters. The number of alkyl halides is 3. The van der Waals surface area contributed by atoms with Crippen LogP contribution >= 0.6 is 11.6 Å². The van der Waals surface area contributed by atoms with Gasteiger partial charge in [-0.1, -0.05) is 11.6 Å². The number of hydrogen-bond donors (Lipinski definition) is 1. The van der Waals surface area contributed by atoms with Crippen LogP contribution in [0.15, 0.2) is 18.2 Å². The van der Waals surface area contributed by atoms with Crippen LogP contribution in [-0.2, 0) is 0 Å². The van der Waals surface area contributed by atoms with Crippen molar-refractivity contribution in [2.24, 2.45) is 0 Å². The van der Waals surface area contributed by atoms with E-state index in [0.29, 0.717) is 6.07 Å². The monoisotopic (exact) mass is 228 g/mol. The van der Waals surface area contributed by atoms with Crippen LogP contribution in [0.1, 0.15) is 11.7 Å². The van der Waals surface area contributed by atoms with Crippen molar-refractivity contribution in [3.05, 3.63) is 34.6 Å². The van der Waals surface area contributed by atoms with E-state index in [4.69, 9.17) is 16.7 Å². The number of halogens is 5. The molecule has 0 amide bonds. The highest BCUT2D eigenvalue weighted by atomic mass is 35.5. The second-order valence-corrected chi connectivity index (χ2v) is 3.02. The molecule has 0 spiro atoms. The lowest BCUT2D eigenvalue weighted by Crippen LogP contribution is -2.20. The molecule has 78 valence electrons. The van der Waals surface area contributed by atoms with Crippen LogP contribution in [-0.4, -0.2) is 11.3 Å². The number of aliphatic hydroxyl groups excluding tert-OH is 1. The molecule has 1 nitrogen and oxygen atoms in total. The third-order valence-corrected chi connectivity index (χ3v) is 1.91. The Morgan fingerprint density at radius 2 is 1.86 bits per heavy atom. The summed E-state index contributed by atoms with van der Waals surface area (Å²) in [6, 6.07) is 2.43. The van der Waals surface area contributed by atoms with E-state index in [-0.39, 0.29) is 5.02 Å². The Labute approximate surface area is 81.9 Å². The summed E-state index contributed by atoms with van der Waals surface area (Å²) < 4.78 is 48.6. The van der Waals surface area contributed by atoms with E-state index in [2.05, 4.69) is 0 Å². The zero-order valence-electron chi connectivity index (χ0n) is 6.65. The average Bonchev–Trinajstić information content (AvgIpc) is 2.06. The largest absolute Gasteiger partial charge is 0.418 e. The zero-order chi connectivity index (χ0) is 10.9. The molecule has 0 saturated carbocycles. The van der Waals surface area contributed by atoms with Crippen molar-refractivity contribution < 1.29 is 22.7 Å². The van der Waals surface area contributed by atoms with Crippen molar-refractivity contribution in [2.45, 2.75) is 12.3 Å². The Bertz CT molecular complexity index is 337. The van der Waals surface area contributed by atoms with Gasteiger partial charge < -0.3 is 5.11 Å². The Hall–Kier alpha value is -0.810. The van der Waals surface area contributed by atoms with Crippen molar-refractivity contribution in [3.63, 3.8) is 0 Å². The Morgan fingerprint density at radius 1 is 1.29 bits per heavy atom. The van der Waals surface area contributed by atoms with Crippen LogP contribution in [0.2, 0.25) is 5.02 Å². The Balaban J connectivity index is 3.12. The molecule has 14 heavy (non-hydrogen) atoms. The minimum atomic E-state index is -4.85. The van der Waals surface area contributed by atoms with Gasteiger partial charge in [-0.3, -0.25) is 0 Å². The Kier molecular flexibility index (Phi) is 3.01. The van der Waals surface area contributed by atoms with Crippen LogP contribution in [0.3, 0.4) is 0 Å². The maximum absolute atomic E-state index is 12.6. The smallest absolute Gasteiger partial charge is 0.379 e. The standard InChI is InChI=1S/C8H5ClF4O/c9-6-2-1-4(10)3-5(6)7(14)8(11,12)13/h1-3,7,14H. The molecule has 0 saturated heterocycles. The first-order valence-electron chi connectivity index (χ1n) is 3.52. The van der Waals surface area contributed by atoms with E-state index in [0.717, 1.165) is 12.1 Å². The number of rotatable bonds is 1. The minimum absolute atomic E-state index is 0.323. The second-order valence-electron chi connectivity index (χ2n) is 2.61. The van der Waals surface area contributed by atoms with E-state index < -0.39 is 23.7 Å². The fraction of sp³-hybridized carbons (Fsp3) is 0.250. The lowest BCUT2D eigenvalue weighted by molar-refractivity contribution is -0.206. The van der Waals surface area contributed by atoms with Crippen molar-refractivity contribution in [1.82, 2.24) is 0 Å². The summed E-state index contributed by atoms with van der Waals surface area (Å²) in [6.45, 7) is 0. The summed E-state index contributed by atoms with van der Waals surface area (Å²) in [5, 5.41) is 8.46. The second kappa shape index (κ2) is 3.74. The molecule has 1 aromatic carbocycles. The van der Waals surface area contributed by atoms with Gasteiger partial charge in [0.2, 0.25) is 0 Å². The van der Waals surface area contributed by atoms with Crippen LogP contribution in [0.4, 0.5) is 17.6 Å². The SMILES string of the molecule is OC(c1cc(F)ccc1Cl)C(F)(F)F. The molecule has 6 heteroatoms. The van der Waals surface area contributed by atoms with E-state index in [1.54, 1.807) is 0 Å². The maximum Gasteiger partial charge on any atom is 0.418 e. The van der Waals surface area contributed by atoms with Gasteiger partial charge in [0.25, 0.3) is 0 Å². The molecule has 0 fully saturated rings. The van der Waals surface area contributed by atoms with E-state index in [9.17, 15) is 17.6 Å². The first kappa shape index (κ1) is 11.3. The molecular weight excluding hydrogens is 224 g/mol. The van der Waals surface area contributed by atoms with E-state index in [1.165, 1.54) is 0 Å². The molecule has 1 unspecified atom stereocenters. The summed E-state index contributed by atoms with van der Waals surface area (Å²) in [6.07, 6.45) is -7.61. The molecule has 1 rings (SSSR count). The van der Waals surface area contributed by atoms with Gasteiger partial charge in [-0.25, -0.2) is 4.39 Å². The predicted molar refractivity (Wildman–Crippen MR) is 42.4 cm³/mol. The van der Waals surface area contributed by atoms with E-state index in [1.807, 2.05) is 0 Å². The molecular formula is C8H5ClF4O.